The summed E-state index contributed by atoms with van der Waals surface area (Å²) in [7, 11) is 0. The fourth-order valence-electron chi connectivity index (χ4n) is 2.08. The third kappa shape index (κ3) is 2.60. The minimum absolute atomic E-state index is 0.301. The van der Waals surface area contributed by atoms with Crippen LogP contribution in [0.1, 0.15) is 22.0 Å². The first-order valence-electron chi connectivity index (χ1n) is 6.59. The van der Waals surface area contributed by atoms with Crippen molar-refractivity contribution in [1.29, 1.82) is 5.26 Å². The molecular weight excluding hydrogens is 278 g/mol. The Morgan fingerprint density at radius 1 is 1.18 bits per heavy atom. The molecule has 0 saturated carbocycles. The van der Waals surface area contributed by atoms with Crippen molar-refractivity contribution in [2.45, 2.75) is 5.92 Å². The predicted octanol–water partition coefficient (Wildman–Crippen LogP) is 2.15. The van der Waals surface area contributed by atoms with Crippen molar-refractivity contribution in [1.82, 2.24) is 19.5 Å². The van der Waals surface area contributed by atoms with Crippen LogP contribution in [0.4, 0.5) is 0 Å². The van der Waals surface area contributed by atoms with E-state index in [0.29, 0.717) is 17.1 Å². The highest BCUT2D eigenvalue weighted by atomic mass is 16.1. The molecule has 0 aliphatic heterocycles. The van der Waals surface area contributed by atoms with Crippen molar-refractivity contribution < 1.29 is 4.79 Å². The third-order valence-corrected chi connectivity index (χ3v) is 3.17. The van der Waals surface area contributed by atoms with Crippen LogP contribution in [0.25, 0.3) is 5.82 Å². The van der Waals surface area contributed by atoms with E-state index in [0.717, 1.165) is 0 Å². The number of carbonyl (C=O) groups excluding carboxylic acids is 1. The van der Waals surface area contributed by atoms with E-state index in [1.807, 2.05) is 6.07 Å². The molecule has 22 heavy (non-hydrogen) atoms. The number of Topliss-reactive ketones (excluding diaryl/α,β-unsaturated/α-hetero) is 1. The van der Waals surface area contributed by atoms with Crippen LogP contribution >= 0.6 is 0 Å². The number of imidazole rings is 1. The minimum atomic E-state index is -0.931. The number of ketones is 1. The van der Waals surface area contributed by atoms with E-state index in [1.165, 1.54) is 6.20 Å². The second kappa shape index (κ2) is 5.97. The maximum atomic E-state index is 12.6. The molecule has 1 unspecified atom stereocenters. The molecule has 0 amide bonds. The smallest absolute Gasteiger partial charge is 0.186 e. The lowest BCUT2D eigenvalue weighted by Crippen LogP contribution is -2.13. The summed E-state index contributed by atoms with van der Waals surface area (Å²) in [6.45, 7) is 0. The standard InChI is InChI=1S/C16H11N5O/c17-10-13(14-3-1-2-5-19-14)16(22)12-4-6-20-15(9-12)21-8-7-18-11-21/h1-9,11,13H. The van der Waals surface area contributed by atoms with Crippen LogP contribution in [-0.4, -0.2) is 25.3 Å². The molecule has 3 rings (SSSR count). The van der Waals surface area contributed by atoms with Gasteiger partial charge < -0.3 is 0 Å². The van der Waals surface area contributed by atoms with Crippen molar-refractivity contribution in [3.63, 3.8) is 0 Å². The van der Waals surface area contributed by atoms with Crippen LogP contribution < -0.4 is 0 Å². The van der Waals surface area contributed by atoms with Gasteiger partial charge in [0.05, 0.1) is 11.8 Å². The molecule has 0 radical (unpaired) electrons. The van der Waals surface area contributed by atoms with Gasteiger partial charge in [0.15, 0.2) is 11.7 Å². The van der Waals surface area contributed by atoms with Crippen LogP contribution in [0, 0.1) is 11.3 Å². The molecule has 6 heteroatoms. The molecule has 6 nitrogen and oxygen atoms in total. The lowest BCUT2D eigenvalue weighted by atomic mass is 9.96. The van der Waals surface area contributed by atoms with Crippen molar-refractivity contribution in [2.24, 2.45) is 0 Å². The first kappa shape index (κ1) is 13.6. The zero-order valence-corrected chi connectivity index (χ0v) is 11.5. The van der Waals surface area contributed by atoms with Crippen LogP contribution in [0.2, 0.25) is 0 Å². The van der Waals surface area contributed by atoms with Crippen molar-refractivity contribution >= 4 is 5.78 Å². The van der Waals surface area contributed by atoms with Crippen molar-refractivity contribution in [2.75, 3.05) is 0 Å². The van der Waals surface area contributed by atoms with Gasteiger partial charge in [0.2, 0.25) is 0 Å². The second-order valence-electron chi connectivity index (χ2n) is 4.55. The number of hydrogen-bond acceptors (Lipinski definition) is 5. The Kier molecular flexibility index (Phi) is 3.70. The summed E-state index contributed by atoms with van der Waals surface area (Å²) < 4.78 is 1.69. The highest BCUT2D eigenvalue weighted by molar-refractivity contribution is 6.02. The van der Waals surface area contributed by atoms with Crippen LogP contribution in [-0.2, 0) is 0 Å². The Hall–Kier alpha value is -3.33. The Bertz CT molecular complexity index is 821. The zero-order chi connectivity index (χ0) is 15.4. The highest BCUT2D eigenvalue weighted by Gasteiger charge is 2.23. The van der Waals surface area contributed by atoms with Gasteiger partial charge in [-0.1, -0.05) is 6.07 Å². The number of nitriles is 1. The fraction of sp³-hybridized carbons (Fsp3) is 0.0625. The molecule has 3 aromatic rings. The molecule has 0 fully saturated rings. The average molecular weight is 289 g/mol. The Morgan fingerprint density at radius 3 is 2.77 bits per heavy atom. The Morgan fingerprint density at radius 2 is 2.09 bits per heavy atom. The topological polar surface area (TPSA) is 84.5 Å². The number of hydrogen-bond donors (Lipinski definition) is 0. The van der Waals surface area contributed by atoms with E-state index in [9.17, 15) is 10.1 Å². The highest BCUT2D eigenvalue weighted by Crippen LogP contribution is 2.19. The molecule has 0 aliphatic rings. The largest absolute Gasteiger partial charge is 0.292 e. The Labute approximate surface area is 126 Å². The van der Waals surface area contributed by atoms with Crippen LogP contribution in [0.5, 0.6) is 0 Å². The molecule has 1 atom stereocenters. The summed E-state index contributed by atoms with van der Waals surface area (Å²) in [5.41, 5.74) is 0.854. The summed E-state index contributed by atoms with van der Waals surface area (Å²) in [6.07, 6.45) is 8.06. The zero-order valence-electron chi connectivity index (χ0n) is 11.5. The lowest BCUT2D eigenvalue weighted by molar-refractivity contribution is 0.0977. The van der Waals surface area contributed by atoms with Gasteiger partial charge in [0.25, 0.3) is 0 Å². The average Bonchev–Trinajstić information content (AvgIpc) is 3.11. The number of carbonyl (C=O) groups is 1. The number of rotatable bonds is 4. The first-order valence-corrected chi connectivity index (χ1v) is 6.59. The van der Waals surface area contributed by atoms with Gasteiger partial charge in [-0.25, -0.2) is 9.97 Å². The van der Waals surface area contributed by atoms with Gasteiger partial charge in [-0.2, -0.15) is 5.26 Å². The van der Waals surface area contributed by atoms with Gasteiger partial charge in [0.1, 0.15) is 12.1 Å². The number of aromatic nitrogens is 4. The molecule has 3 aromatic heterocycles. The molecule has 3 heterocycles. The fourth-order valence-corrected chi connectivity index (χ4v) is 2.08. The molecule has 106 valence electrons. The quantitative estimate of drug-likeness (QED) is 0.687. The van der Waals surface area contributed by atoms with Crippen molar-refractivity contribution in [3.05, 3.63) is 72.7 Å². The van der Waals surface area contributed by atoms with Crippen molar-refractivity contribution in [3.8, 4) is 11.9 Å². The number of nitrogens with zero attached hydrogens (tertiary/aromatic N) is 5. The summed E-state index contributed by atoms with van der Waals surface area (Å²) in [5.74, 6) is -0.662. The molecule has 0 aliphatic carbocycles. The van der Waals surface area contributed by atoms with Gasteiger partial charge in [0, 0.05) is 30.4 Å². The maximum absolute atomic E-state index is 12.6. The molecule has 0 aromatic carbocycles. The molecule has 0 spiro atoms. The monoisotopic (exact) mass is 289 g/mol. The van der Waals surface area contributed by atoms with Gasteiger partial charge >= 0.3 is 0 Å². The van der Waals surface area contributed by atoms with Crippen LogP contribution in [0.3, 0.4) is 0 Å². The van der Waals surface area contributed by atoms with Crippen LogP contribution in [0.15, 0.2) is 61.4 Å². The molecule has 0 N–H and O–H groups in total. The van der Waals surface area contributed by atoms with E-state index in [4.69, 9.17) is 0 Å². The molecule has 0 bridgehead atoms. The maximum Gasteiger partial charge on any atom is 0.186 e. The SMILES string of the molecule is N#CC(C(=O)c1ccnc(-n2ccnc2)c1)c1ccccn1. The Balaban J connectivity index is 1.95. The van der Waals surface area contributed by atoms with E-state index < -0.39 is 5.92 Å². The van der Waals surface area contributed by atoms with Gasteiger partial charge in [-0.3, -0.25) is 14.3 Å². The predicted molar refractivity (Wildman–Crippen MR) is 78.3 cm³/mol. The van der Waals surface area contributed by atoms with E-state index in [1.54, 1.807) is 59.8 Å². The summed E-state index contributed by atoms with van der Waals surface area (Å²) >= 11 is 0. The summed E-state index contributed by atoms with van der Waals surface area (Å²) in [4.78, 5) is 24.8. The molecule has 0 saturated heterocycles. The molecular formula is C16H11N5O. The van der Waals surface area contributed by atoms with E-state index in [2.05, 4.69) is 15.0 Å². The summed E-state index contributed by atoms with van der Waals surface area (Å²) in [6, 6.07) is 10.4. The first-order chi connectivity index (χ1) is 10.8. The van der Waals surface area contributed by atoms with E-state index in [-0.39, 0.29) is 5.78 Å². The number of pyridine rings is 2. The van der Waals surface area contributed by atoms with Gasteiger partial charge in [-0.15, -0.1) is 0 Å². The summed E-state index contributed by atoms with van der Waals surface area (Å²) in [5, 5.41) is 9.32. The minimum Gasteiger partial charge on any atom is -0.292 e. The normalized spacial score (nSPS) is 11.6. The van der Waals surface area contributed by atoms with Gasteiger partial charge in [-0.05, 0) is 24.3 Å². The lowest BCUT2D eigenvalue weighted by Gasteiger charge is -2.08. The second-order valence-corrected chi connectivity index (χ2v) is 4.55. The van der Waals surface area contributed by atoms with E-state index >= 15 is 0 Å². The third-order valence-electron chi connectivity index (χ3n) is 3.17.